The number of hydrogen-bond acceptors (Lipinski definition) is 4. The molecule has 1 aromatic heterocycles. The molecule has 2 rings (SSSR count). The average Bonchev–Trinajstić information content (AvgIpc) is 2.12. The van der Waals surface area contributed by atoms with Gasteiger partial charge in [0.1, 0.15) is 0 Å². The lowest BCUT2D eigenvalue weighted by atomic mass is 9.98. The van der Waals surface area contributed by atoms with Gasteiger partial charge in [0.05, 0.1) is 28.8 Å². The van der Waals surface area contributed by atoms with Crippen molar-refractivity contribution in [2.24, 2.45) is 0 Å². The van der Waals surface area contributed by atoms with E-state index < -0.39 is 0 Å². The van der Waals surface area contributed by atoms with Crippen LogP contribution in [0.25, 0.3) is 0 Å². The maximum Gasteiger partial charge on any atom is 0.0808 e. The molecular weight excluding hydrogens is 214 g/mol. The fourth-order valence-corrected chi connectivity index (χ4v) is 2.59. The normalized spacial score (nSPS) is 22.5. The number of nitrogens with zero attached hydrogens (tertiary/aromatic N) is 2. The van der Waals surface area contributed by atoms with Crippen molar-refractivity contribution in [1.29, 1.82) is 0 Å². The molecule has 1 aliphatic heterocycles. The van der Waals surface area contributed by atoms with Crippen LogP contribution in [0.15, 0.2) is 18.5 Å². The Hall–Kier alpha value is -1.29. The zero-order valence-electron chi connectivity index (χ0n) is 11.0. The van der Waals surface area contributed by atoms with Crippen LogP contribution in [0, 0.1) is 0 Å². The van der Waals surface area contributed by atoms with Crippen LogP contribution in [-0.2, 0) is 4.74 Å². The summed E-state index contributed by atoms with van der Waals surface area (Å²) in [5.74, 6) is 0. The molecule has 0 atom stereocenters. The van der Waals surface area contributed by atoms with Crippen molar-refractivity contribution in [3.05, 3.63) is 18.5 Å². The molecule has 17 heavy (non-hydrogen) atoms. The van der Waals surface area contributed by atoms with Crippen molar-refractivity contribution in [2.45, 2.75) is 38.9 Å². The van der Waals surface area contributed by atoms with E-state index in [2.05, 4.69) is 37.6 Å². The lowest BCUT2D eigenvalue weighted by molar-refractivity contribution is -0.133. The molecule has 0 bridgehead atoms. The second-order valence-corrected chi connectivity index (χ2v) is 5.95. The van der Waals surface area contributed by atoms with Gasteiger partial charge in [-0.2, -0.15) is 0 Å². The van der Waals surface area contributed by atoms with E-state index in [-0.39, 0.29) is 11.2 Å². The van der Waals surface area contributed by atoms with E-state index in [0.29, 0.717) is 5.69 Å². The molecule has 1 aliphatic rings. The first-order valence-electron chi connectivity index (χ1n) is 5.93. The molecule has 0 aromatic carbocycles. The molecule has 94 valence electrons. The highest BCUT2D eigenvalue weighted by molar-refractivity contribution is 5.54. The van der Waals surface area contributed by atoms with Gasteiger partial charge in [0, 0.05) is 19.3 Å². The quantitative estimate of drug-likeness (QED) is 0.809. The van der Waals surface area contributed by atoms with Gasteiger partial charge in [0.15, 0.2) is 0 Å². The molecule has 0 saturated carbocycles. The van der Waals surface area contributed by atoms with E-state index in [1.807, 2.05) is 12.3 Å². The van der Waals surface area contributed by atoms with Gasteiger partial charge in [0.25, 0.3) is 0 Å². The molecule has 4 heteroatoms. The minimum Gasteiger partial charge on any atom is -0.397 e. The summed E-state index contributed by atoms with van der Waals surface area (Å²) < 4.78 is 6.05. The van der Waals surface area contributed by atoms with Crippen LogP contribution in [0.5, 0.6) is 0 Å². The molecule has 2 heterocycles. The van der Waals surface area contributed by atoms with Crippen molar-refractivity contribution in [1.82, 2.24) is 4.98 Å². The Morgan fingerprint density at radius 2 is 1.76 bits per heavy atom. The van der Waals surface area contributed by atoms with Crippen molar-refractivity contribution >= 4 is 11.4 Å². The number of anilines is 2. The highest BCUT2D eigenvalue weighted by Crippen LogP contribution is 2.31. The summed E-state index contributed by atoms with van der Waals surface area (Å²) in [6.07, 6.45) is 3.52. The van der Waals surface area contributed by atoms with Crippen molar-refractivity contribution in [3.63, 3.8) is 0 Å². The summed E-state index contributed by atoms with van der Waals surface area (Å²) in [5.41, 5.74) is 7.22. The summed E-state index contributed by atoms with van der Waals surface area (Å²) in [6.45, 7) is 10.1. The highest BCUT2D eigenvalue weighted by atomic mass is 16.5. The van der Waals surface area contributed by atoms with Gasteiger partial charge in [-0.3, -0.25) is 4.98 Å². The number of hydrogen-bond donors (Lipinski definition) is 1. The number of nitrogen functional groups attached to an aromatic ring is 1. The molecule has 0 spiro atoms. The molecule has 0 aliphatic carbocycles. The third-order valence-electron chi connectivity index (χ3n) is 2.81. The van der Waals surface area contributed by atoms with Gasteiger partial charge >= 0.3 is 0 Å². The third-order valence-corrected chi connectivity index (χ3v) is 2.81. The van der Waals surface area contributed by atoms with Crippen LogP contribution in [0.4, 0.5) is 11.4 Å². The Labute approximate surface area is 103 Å². The zero-order valence-corrected chi connectivity index (χ0v) is 11.0. The summed E-state index contributed by atoms with van der Waals surface area (Å²) in [4.78, 5) is 6.43. The van der Waals surface area contributed by atoms with Crippen LogP contribution in [-0.4, -0.2) is 29.3 Å². The maximum absolute atomic E-state index is 6.05. The Morgan fingerprint density at radius 1 is 1.18 bits per heavy atom. The Morgan fingerprint density at radius 3 is 2.29 bits per heavy atom. The second-order valence-electron chi connectivity index (χ2n) is 5.95. The molecule has 0 unspecified atom stereocenters. The van der Waals surface area contributed by atoms with E-state index in [9.17, 15) is 0 Å². The number of aromatic nitrogens is 1. The van der Waals surface area contributed by atoms with E-state index in [1.54, 1.807) is 6.20 Å². The SMILES string of the molecule is CC1(C)CN(c2cncc(N)c2)CC(C)(C)O1. The molecule has 1 fully saturated rings. The smallest absolute Gasteiger partial charge is 0.0808 e. The lowest BCUT2D eigenvalue weighted by Gasteiger charge is -2.48. The van der Waals surface area contributed by atoms with E-state index in [1.165, 1.54) is 0 Å². The standard InChI is InChI=1S/C13H21N3O/c1-12(2)8-16(9-13(3,4)17-12)11-5-10(14)6-15-7-11/h5-7H,8-9,14H2,1-4H3. The van der Waals surface area contributed by atoms with Crippen LogP contribution in [0.3, 0.4) is 0 Å². The molecule has 0 amide bonds. The van der Waals surface area contributed by atoms with E-state index >= 15 is 0 Å². The predicted octanol–water partition coefficient (Wildman–Crippen LogP) is 2.06. The van der Waals surface area contributed by atoms with Gasteiger partial charge in [-0.05, 0) is 33.8 Å². The van der Waals surface area contributed by atoms with Gasteiger partial charge in [-0.15, -0.1) is 0 Å². The second kappa shape index (κ2) is 3.88. The monoisotopic (exact) mass is 235 g/mol. The van der Waals surface area contributed by atoms with Crippen molar-refractivity contribution in [2.75, 3.05) is 23.7 Å². The molecule has 4 nitrogen and oxygen atoms in total. The molecule has 1 saturated heterocycles. The van der Waals surface area contributed by atoms with Gasteiger partial charge in [-0.1, -0.05) is 0 Å². The fourth-order valence-electron chi connectivity index (χ4n) is 2.59. The number of pyridine rings is 1. The maximum atomic E-state index is 6.05. The number of morpholine rings is 1. The summed E-state index contributed by atoms with van der Waals surface area (Å²) in [5, 5.41) is 0. The van der Waals surface area contributed by atoms with Crippen LogP contribution in [0.2, 0.25) is 0 Å². The van der Waals surface area contributed by atoms with Gasteiger partial charge in [0.2, 0.25) is 0 Å². The largest absolute Gasteiger partial charge is 0.397 e. The Balaban J connectivity index is 2.27. The summed E-state index contributed by atoms with van der Waals surface area (Å²) in [6, 6.07) is 1.96. The number of ether oxygens (including phenoxy) is 1. The summed E-state index contributed by atoms with van der Waals surface area (Å²) in [7, 11) is 0. The topological polar surface area (TPSA) is 51.4 Å². The van der Waals surface area contributed by atoms with Crippen molar-refractivity contribution < 1.29 is 4.74 Å². The molecular formula is C13H21N3O. The lowest BCUT2D eigenvalue weighted by Crippen LogP contribution is -2.57. The number of nitrogens with two attached hydrogens (primary N) is 1. The fraction of sp³-hybridized carbons (Fsp3) is 0.615. The van der Waals surface area contributed by atoms with Gasteiger partial charge < -0.3 is 15.4 Å². The first-order valence-corrected chi connectivity index (χ1v) is 5.93. The number of rotatable bonds is 1. The van der Waals surface area contributed by atoms with E-state index in [4.69, 9.17) is 10.5 Å². The third kappa shape index (κ3) is 2.88. The highest BCUT2D eigenvalue weighted by Gasteiger charge is 2.38. The average molecular weight is 235 g/mol. The predicted molar refractivity (Wildman–Crippen MR) is 70.1 cm³/mol. The molecule has 0 radical (unpaired) electrons. The minimum absolute atomic E-state index is 0.160. The van der Waals surface area contributed by atoms with Gasteiger partial charge in [-0.25, -0.2) is 0 Å². The zero-order chi connectivity index (χ0) is 12.7. The Bertz CT molecular complexity index is 399. The van der Waals surface area contributed by atoms with Crippen LogP contribution >= 0.6 is 0 Å². The Kier molecular flexibility index (Phi) is 2.78. The van der Waals surface area contributed by atoms with Crippen LogP contribution in [0.1, 0.15) is 27.7 Å². The van der Waals surface area contributed by atoms with Crippen molar-refractivity contribution in [3.8, 4) is 0 Å². The summed E-state index contributed by atoms with van der Waals surface area (Å²) >= 11 is 0. The first kappa shape index (κ1) is 12.2. The molecule has 1 aromatic rings. The van der Waals surface area contributed by atoms with Crippen LogP contribution < -0.4 is 10.6 Å². The minimum atomic E-state index is -0.160. The first-order chi connectivity index (χ1) is 7.77. The van der Waals surface area contributed by atoms with E-state index in [0.717, 1.165) is 18.8 Å². The molecule has 2 N–H and O–H groups in total.